The smallest absolute Gasteiger partial charge is 0.146 e. The summed E-state index contributed by atoms with van der Waals surface area (Å²) in [7, 11) is 2.17. The van der Waals surface area contributed by atoms with Gasteiger partial charge in [-0.2, -0.15) is 11.8 Å². The van der Waals surface area contributed by atoms with Crippen molar-refractivity contribution in [2.45, 2.75) is 31.1 Å². The van der Waals surface area contributed by atoms with Gasteiger partial charge in [-0.25, -0.2) is 9.97 Å². The summed E-state index contributed by atoms with van der Waals surface area (Å²) in [5.74, 6) is 3.74. The van der Waals surface area contributed by atoms with E-state index >= 15 is 0 Å². The van der Waals surface area contributed by atoms with Crippen LogP contribution in [-0.2, 0) is 5.33 Å². The largest absolute Gasteiger partial charge is 0.295 e. The molecule has 0 aliphatic carbocycles. The second kappa shape index (κ2) is 6.35. The molecule has 18 heavy (non-hydrogen) atoms. The first-order valence-corrected chi connectivity index (χ1v) is 8.60. The third-order valence-electron chi connectivity index (χ3n) is 3.30. The third kappa shape index (κ3) is 3.06. The quantitative estimate of drug-likeness (QED) is 0.796. The van der Waals surface area contributed by atoms with Gasteiger partial charge in [0.15, 0.2) is 0 Å². The second-order valence-corrected chi connectivity index (χ2v) is 6.71. The van der Waals surface area contributed by atoms with Crippen molar-refractivity contribution < 1.29 is 0 Å². The average molecular weight is 330 g/mol. The van der Waals surface area contributed by atoms with E-state index in [-0.39, 0.29) is 0 Å². The molecule has 2 rings (SSSR count). The fourth-order valence-corrected chi connectivity index (χ4v) is 3.80. The van der Waals surface area contributed by atoms with Crippen LogP contribution in [0.3, 0.4) is 0 Å². The number of aromatic nitrogens is 2. The van der Waals surface area contributed by atoms with Crippen molar-refractivity contribution in [2.24, 2.45) is 0 Å². The Morgan fingerprint density at radius 3 is 2.94 bits per heavy atom. The van der Waals surface area contributed by atoms with E-state index in [1.54, 1.807) is 0 Å². The van der Waals surface area contributed by atoms with E-state index in [2.05, 4.69) is 46.7 Å². The van der Waals surface area contributed by atoms with Gasteiger partial charge in [-0.3, -0.25) is 4.90 Å². The van der Waals surface area contributed by atoms with Crippen LogP contribution in [-0.4, -0.2) is 40.0 Å². The Bertz CT molecular complexity index is 411. The van der Waals surface area contributed by atoms with Crippen LogP contribution < -0.4 is 0 Å². The lowest BCUT2D eigenvalue weighted by atomic mass is 10.1. The van der Waals surface area contributed by atoms with Crippen LogP contribution in [0.25, 0.3) is 0 Å². The summed E-state index contributed by atoms with van der Waals surface area (Å²) in [4.78, 5) is 11.8. The van der Waals surface area contributed by atoms with Crippen LogP contribution in [0.1, 0.15) is 42.9 Å². The number of alkyl halides is 1. The predicted molar refractivity (Wildman–Crippen MR) is 81.4 cm³/mol. The maximum atomic E-state index is 4.82. The molecule has 0 spiro atoms. The minimum atomic E-state index is 0.366. The van der Waals surface area contributed by atoms with E-state index in [1.165, 1.54) is 17.0 Å². The molecule has 1 fully saturated rings. The van der Waals surface area contributed by atoms with Gasteiger partial charge in [0.1, 0.15) is 5.82 Å². The van der Waals surface area contributed by atoms with Gasteiger partial charge in [0.05, 0.1) is 11.7 Å². The molecule has 1 aromatic heterocycles. The van der Waals surface area contributed by atoms with Gasteiger partial charge in [0, 0.05) is 35.1 Å². The molecule has 1 atom stereocenters. The summed E-state index contributed by atoms with van der Waals surface area (Å²) in [5, 5.41) is 0.829. The summed E-state index contributed by atoms with van der Waals surface area (Å²) in [6, 6.07) is 0.366. The molecule has 1 aliphatic heterocycles. The molecule has 5 heteroatoms. The SMILES string of the molecule is CC(C)c1nc(C2CSCCN2C)ncc1CBr. The molecule has 3 nitrogen and oxygen atoms in total. The first-order valence-electron chi connectivity index (χ1n) is 6.33. The number of hydrogen-bond acceptors (Lipinski definition) is 4. The van der Waals surface area contributed by atoms with Crippen LogP contribution in [0.5, 0.6) is 0 Å². The molecular weight excluding hydrogens is 310 g/mol. The van der Waals surface area contributed by atoms with Gasteiger partial charge in [0.2, 0.25) is 0 Å². The van der Waals surface area contributed by atoms with E-state index in [0.29, 0.717) is 12.0 Å². The van der Waals surface area contributed by atoms with Crippen molar-refractivity contribution in [3.8, 4) is 0 Å². The number of halogens is 1. The van der Waals surface area contributed by atoms with Gasteiger partial charge >= 0.3 is 0 Å². The molecular formula is C13H20BrN3S. The Morgan fingerprint density at radius 1 is 1.56 bits per heavy atom. The average Bonchev–Trinajstić information content (AvgIpc) is 2.38. The highest BCUT2D eigenvalue weighted by molar-refractivity contribution is 9.08. The topological polar surface area (TPSA) is 29.0 Å². The van der Waals surface area contributed by atoms with E-state index in [9.17, 15) is 0 Å². The fourth-order valence-electron chi connectivity index (χ4n) is 2.16. The minimum Gasteiger partial charge on any atom is -0.295 e. The van der Waals surface area contributed by atoms with Crippen LogP contribution in [0.2, 0.25) is 0 Å². The molecule has 100 valence electrons. The lowest BCUT2D eigenvalue weighted by Gasteiger charge is -2.31. The predicted octanol–water partition coefficient (Wildman–Crippen LogP) is 3.21. The first kappa shape index (κ1) is 14.3. The molecule has 0 aromatic carbocycles. The molecule has 0 N–H and O–H groups in total. The van der Waals surface area contributed by atoms with Crippen molar-refractivity contribution >= 4 is 27.7 Å². The van der Waals surface area contributed by atoms with Crippen LogP contribution in [0, 0.1) is 0 Å². The highest BCUT2D eigenvalue weighted by atomic mass is 79.9. The van der Waals surface area contributed by atoms with Crippen molar-refractivity contribution in [1.29, 1.82) is 0 Å². The number of hydrogen-bond donors (Lipinski definition) is 0. The van der Waals surface area contributed by atoms with Crippen molar-refractivity contribution in [1.82, 2.24) is 14.9 Å². The zero-order valence-corrected chi connectivity index (χ0v) is 13.6. The molecule has 0 radical (unpaired) electrons. The number of thioether (sulfide) groups is 1. The van der Waals surface area contributed by atoms with Crippen molar-refractivity contribution in [3.63, 3.8) is 0 Å². The van der Waals surface area contributed by atoms with Crippen molar-refractivity contribution in [2.75, 3.05) is 25.1 Å². The summed E-state index contributed by atoms with van der Waals surface area (Å²) < 4.78 is 0. The Labute approximate surface area is 122 Å². The lowest BCUT2D eigenvalue weighted by Crippen LogP contribution is -2.34. The Kier molecular flexibility index (Phi) is 5.04. The molecule has 0 saturated carbocycles. The van der Waals surface area contributed by atoms with E-state index in [0.717, 1.165) is 23.5 Å². The monoisotopic (exact) mass is 329 g/mol. The Hall–Kier alpha value is -0.130. The van der Waals surface area contributed by atoms with Crippen LogP contribution in [0.15, 0.2) is 6.20 Å². The maximum Gasteiger partial charge on any atom is 0.146 e. The Morgan fingerprint density at radius 2 is 2.33 bits per heavy atom. The van der Waals surface area contributed by atoms with Gasteiger partial charge in [0.25, 0.3) is 0 Å². The van der Waals surface area contributed by atoms with Gasteiger partial charge < -0.3 is 0 Å². The zero-order valence-electron chi connectivity index (χ0n) is 11.2. The molecule has 1 aliphatic rings. The molecule has 1 aromatic rings. The highest BCUT2D eigenvalue weighted by Crippen LogP contribution is 2.28. The van der Waals surface area contributed by atoms with Crippen LogP contribution >= 0.6 is 27.7 Å². The second-order valence-electron chi connectivity index (χ2n) is 5.00. The maximum absolute atomic E-state index is 4.82. The normalized spacial score (nSPS) is 21.5. The van der Waals surface area contributed by atoms with Gasteiger partial charge in [-0.15, -0.1) is 0 Å². The molecule has 0 bridgehead atoms. The minimum absolute atomic E-state index is 0.366. The Balaban J connectivity index is 2.30. The van der Waals surface area contributed by atoms with E-state index in [4.69, 9.17) is 4.98 Å². The summed E-state index contributed by atoms with van der Waals surface area (Å²) in [6.45, 7) is 5.51. The van der Waals surface area contributed by atoms with E-state index in [1.807, 2.05) is 18.0 Å². The van der Waals surface area contributed by atoms with Crippen molar-refractivity contribution in [3.05, 3.63) is 23.3 Å². The van der Waals surface area contributed by atoms with Gasteiger partial charge in [-0.05, 0) is 13.0 Å². The molecule has 1 unspecified atom stereocenters. The summed E-state index contributed by atoms with van der Waals surface area (Å²) in [6.07, 6.45) is 1.99. The summed E-state index contributed by atoms with van der Waals surface area (Å²) in [5.41, 5.74) is 2.39. The zero-order chi connectivity index (χ0) is 13.1. The van der Waals surface area contributed by atoms with Gasteiger partial charge in [-0.1, -0.05) is 29.8 Å². The molecule has 1 saturated heterocycles. The standard InChI is InChI=1S/C13H20BrN3S/c1-9(2)12-10(6-14)7-15-13(16-12)11-8-18-5-4-17(11)3/h7,9,11H,4-6,8H2,1-3H3. The summed E-state index contributed by atoms with van der Waals surface area (Å²) >= 11 is 5.51. The third-order valence-corrected chi connectivity index (χ3v) is 4.93. The number of nitrogens with zero attached hydrogens (tertiary/aromatic N) is 3. The molecule has 0 amide bonds. The van der Waals surface area contributed by atoms with E-state index < -0.39 is 0 Å². The lowest BCUT2D eigenvalue weighted by molar-refractivity contribution is 0.264. The fraction of sp³-hybridized carbons (Fsp3) is 0.692. The number of rotatable bonds is 3. The highest BCUT2D eigenvalue weighted by Gasteiger charge is 2.24. The molecule has 2 heterocycles. The first-order chi connectivity index (χ1) is 8.63. The van der Waals surface area contributed by atoms with Crippen LogP contribution in [0.4, 0.5) is 0 Å².